The molecular formula is C16H15NO2S. The third-order valence-electron chi connectivity index (χ3n) is 3.06. The number of aliphatic hydroxyl groups excluding tert-OH is 1. The first-order valence-corrected chi connectivity index (χ1v) is 7.36. The molecule has 0 aliphatic heterocycles. The summed E-state index contributed by atoms with van der Waals surface area (Å²) in [5.74, 6) is 0.710. The van der Waals surface area contributed by atoms with E-state index in [-0.39, 0.29) is 0 Å². The first-order chi connectivity index (χ1) is 9.79. The van der Waals surface area contributed by atoms with E-state index < -0.39 is 6.10 Å². The van der Waals surface area contributed by atoms with Crippen LogP contribution in [0.15, 0.2) is 48.5 Å². The summed E-state index contributed by atoms with van der Waals surface area (Å²) in [7, 11) is 0. The summed E-state index contributed by atoms with van der Waals surface area (Å²) >= 11 is 1.51. The lowest BCUT2D eigenvalue weighted by molar-refractivity contribution is 0.211. The highest BCUT2D eigenvalue weighted by Gasteiger charge is 2.19. The number of ether oxygens (including phenoxy) is 1. The van der Waals surface area contributed by atoms with Crippen molar-refractivity contribution in [3.05, 3.63) is 59.1 Å². The smallest absolute Gasteiger partial charge is 0.134 e. The topological polar surface area (TPSA) is 42.4 Å². The van der Waals surface area contributed by atoms with E-state index in [4.69, 9.17) is 4.74 Å². The minimum Gasteiger partial charge on any atom is -0.493 e. The molecule has 1 heterocycles. The van der Waals surface area contributed by atoms with Crippen molar-refractivity contribution in [3.8, 4) is 5.75 Å². The Morgan fingerprint density at radius 3 is 2.70 bits per heavy atom. The van der Waals surface area contributed by atoms with E-state index in [2.05, 4.69) is 4.98 Å². The molecule has 0 spiro atoms. The monoisotopic (exact) mass is 285 g/mol. The van der Waals surface area contributed by atoms with E-state index in [0.29, 0.717) is 17.4 Å². The number of nitrogens with zero attached hydrogens (tertiary/aromatic N) is 1. The number of benzene rings is 2. The van der Waals surface area contributed by atoms with Crippen LogP contribution >= 0.6 is 11.3 Å². The predicted octanol–water partition coefficient (Wildman–Crippen LogP) is 3.78. The maximum atomic E-state index is 10.6. The molecule has 20 heavy (non-hydrogen) atoms. The van der Waals surface area contributed by atoms with Crippen molar-refractivity contribution in [1.29, 1.82) is 0 Å². The van der Waals surface area contributed by atoms with Crippen LogP contribution < -0.4 is 4.74 Å². The van der Waals surface area contributed by atoms with Gasteiger partial charge in [0.05, 0.1) is 16.8 Å². The van der Waals surface area contributed by atoms with E-state index in [1.807, 2.05) is 55.5 Å². The number of para-hydroxylation sites is 2. The molecule has 1 atom stereocenters. The minimum atomic E-state index is -0.754. The Kier molecular flexibility index (Phi) is 3.67. The SMILES string of the molecule is CCOc1ccccc1C(O)c1nc2ccccc2s1. The third kappa shape index (κ3) is 2.40. The average molecular weight is 285 g/mol. The highest BCUT2D eigenvalue weighted by molar-refractivity contribution is 7.18. The second-order valence-corrected chi connectivity index (χ2v) is 5.46. The maximum absolute atomic E-state index is 10.6. The van der Waals surface area contributed by atoms with E-state index in [0.717, 1.165) is 15.8 Å². The Morgan fingerprint density at radius 1 is 1.15 bits per heavy atom. The molecule has 0 saturated heterocycles. The standard InChI is InChI=1S/C16H15NO2S/c1-2-19-13-9-5-3-7-11(13)15(18)16-17-12-8-4-6-10-14(12)20-16/h3-10,15,18H,2H2,1H3. The van der Waals surface area contributed by atoms with Gasteiger partial charge >= 0.3 is 0 Å². The highest BCUT2D eigenvalue weighted by atomic mass is 32.1. The Hall–Kier alpha value is -1.91. The molecule has 0 aliphatic rings. The molecule has 1 N–H and O–H groups in total. The Bertz CT molecular complexity index is 690. The van der Waals surface area contributed by atoms with Crippen LogP contribution in [-0.4, -0.2) is 16.7 Å². The number of hydrogen-bond acceptors (Lipinski definition) is 4. The van der Waals surface area contributed by atoms with Crippen LogP contribution in [0, 0.1) is 0 Å². The summed E-state index contributed by atoms with van der Waals surface area (Å²) in [6, 6.07) is 15.4. The van der Waals surface area contributed by atoms with Gasteiger partial charge in [0.15, 0.2) is 0 Å². The van der Waals surface area contributed by atoms with E-state index in [1.165, 1.54) is 11.3 Å². The van der Waals surface area contributed by atoms with Crippen LogP contribution in [0.1, 0.15) is 23.6 Å². The van der Waals surface area contributed by atoms with Gasteiger partial charge in [-0.15, -0.1) is 11.3 Å². The summed E-state index contributed by atoms with van der Waals surface area (Å²) < 4.78 is 6.65. The zero-order valence-corrected chi connectivity index (χ0v) is 11.9. The summed E-state index contributed by atoms with van der Waals surface area (Å²) in [5, 5.41) is 11.3. The lowest BCUT2D eigenvalue weighted by Gasteiger charge is -2.13. The third-order valence-corrected chi connectivity index (χ3v) is 4.15. The fourth-order valence-corrected chi connectivity index (χ4v) is 3.11. The number of hydrogen-bond donors (Lipinski definition) is 1. The van der Waals surface area contributed by atoms with Gasteiger partial charge in [-0.3, -0.25) is 0 Å². The predicted molar refractivity (Wildman–Crippen MR) is 81.3 cm³/mol. The number of rotatable bonds is 4. The van der Waals surface area contributed by atoms with Crippen molar-refractivity contribution in [2.24, 2.45) is 0 Å². The van der Waals surface area contributed by atoms with Gasteiger partial charge in [-0.25, -0.2) is 4.98 Å². The van der Waals surface area contributed by atoms with E-state index in [1.54, 1.807) is 0 Å². The van der Waals surface area contributed by atoms with Crippen molar-refractivity contribution in [1.82, 2.24) is 4.98 Å². The lowest BCUT2D eigenvalue weighted by atomic mass is 10.1. The molecule has 0 radical (unpaired) electrons. The normalized spacial score (nSPS) is 12.5. The Labute approximate surface area is 121 Å². The van der Waals surface area contributed by atoms with Crippen LogP contribution in [0.2, 0.25) is 0 Å². The van der Waals surface area contributed by atoms with Crippen LogP contribution in [0.3, 0.4) is 0 Å². The molecule has 3 nitrogen and oxygen atoms in total. The second-order valence-electron chi connectivity index (χ2n) is 4.39. The van der Waals surface area contributed by atoms with Crippen molar-refractivity contribution in [2.75, 3.05) is 6.61 Å². The maximum Gasteiger partial charge on any atom is 0.134 e. The number of fused-ring (bicyclic) bond motifs is 1. The van der Waals surface area contributed by atoms with Crippen molar-refractivity contribution in [3.63, 3.8) is 0 Å². The zero-order valence-electron chi connectivity index (χ0n) is 11.1. The quantitative estimate of drug-likeness (QED) is 0.793. The summed E-state index contributed by atoms with van der Waals surface area (Å²) in [6.45, 7) is 2.50. The molecule has 0 amide bonds. The van der Waals surface area contributed by atoms with Gasteiger partial charge in [-0.2, -0.15) is 0 Å². The second kappa shape index (κ2) is 5.61. The molecule has 1 aromatic heterocycles. The number of aliphatic hydroxyl groups is 1. The van der Waals surface area contributed by atoms with Crippen molar-refractivity contribution < 1.29 is 9.84 Å². The number of aromatic nitrogens is 1. The molecule has 1 unspecified atom stereocenters. The molecule has 2 aromatic carbocycles. The van der Waals surface area contributed by atoms with Crippen LogP contribution in [0.5, 0.6) is 5.75 Å². The molecule has 0 saturated carbocycles. The zero-order chi connectivity index (χ0) is 13.9. The summed E-state index contributed by atoms with van der Waals surface area (Å²) in [5.41, 5.74) is 1.67. The largest absolute Gasteiger partial charge is 0.493 e. The van der Waals surface area contributed by atoms with Gasteiger partial charge in [0.1, 0.15) is 16.9 Å². The van der Waals surface area contributed by atoms with Gasteiger partial charge in [-0.05, 0) is 25.1 Å². The molecular weight excluding hydrogens is 270 g/mol. The van der Waals surface area contributed by atoms with Crippen LogP contribution in [0.4, 0.5) is 0 Å². The van der Waals surface area contributed by atoms with Gasteiger partial charge in [0.25, 0.3) is 0 Å². The number of thiazole rings is 1. The minimum absolute atomic E-state index is 0.573. The van der Waals surface area contributed by atoms with E-state index >= 15 is 0 Å². The van der Waals surface area contributed by atoms with Crippen molar-refractivity contribution >= 4 is 21.6 Å². The molecule has 0 fully saturated rings. The molecule has 3 rings (SSSR count). The Balaban J connectivity index is 2.01. The first kappa shape index (κ1) is 13.1. The van der Waals surface area contributed by atoms with Crippen LogP contribution in [0.25, 0.3) is 10.2 Å². The van der Waals surface area contributed by atoms with Gasteiger partial charge in [0.2, 0.25) is 0 Å². The highest BCUT2D eigenvalue weighted by Crippen LogP contribution is 2.34. The van der Waals surface area contributed by atoms with Gasteiger partial charge < -0.3 is 9.84 Å². The summed E-state index contributed by atoms with van der Waals surface area (Å²) in [6.07, 6.45) is -0.754. The molecule has 0 aliphatic carbocycles. The molecule has 3 aromatic rings. The molecule has 4 heteroatoms. The van der Waals surface area contributed by atoms with Gasteiger partial charge in [0, 0.05) is 5.56 Å². The van der Waals surface area contributed by atoms with Crippen LogP contribution in [-0.2, 0) is 0 Å². The first-order valence-electron chi connectivity index (χ1n) is 6.55. The average Bonchev–Trinajstić information content (AvgIpc) is 2.91. The molecule has 0 bridgehead atoms. The van der Waals surface area contributed by atoms with E-state index in [9.17, 15) is 5.11 Å². The molecule has 102 valence electrons. The van der Waals surface area contributed by atoms with Crippen molar-refractivity contribution in [2.45, 2.75) is 13.0 Å². The fourth-order valence-electron chi connectivity index (χ4n) is 2.13. The fraction of sp³-hybridized carbons (Fsp3) is 0.188. The Morgan fingerprint density at radius 2 is 1.90 bits per heavy atom. The van der Waals surface area contributed by atoms with Gasteiger partial charge in [-0.1, -0.05) is 30.3 Å². The lowest BCUT2D eigenvalue weighted by Crippen LogP contribution is -2.03. The summed E-state index contributed by atoms with van der Waals surface area (Å²) in [4.78, 5) is 4.50.